The predicted octanol–water partition coefficient (Wildman–Crippen LogP) is 2.89. The number of hydrogen-bond acceptors (Lipinski definition) is 5. The highest BCUT2D eigenvalue weighted by molar-refractivity contribution is 8.01. The van der Waals surface area contributed by atoms with Gasteiger partial charge in [-0.25, -0.2) is 14.2 Å². The highest BCUT2D eigenvalue weighted by atomic mass is 32.2. The minimum atomic E-state index is -0.585. The van der Waals surface area contributed by atoms with Crippen LogP contribution in [-0.2, 0) is 9.59 Å². The van der Waals surface area contributed by atoms with Crippen LogP contribution in [0.25, 0.3) is 0 Å². The number of hydrogen-bond donors (Lipinski definition) is 2. The smallest absolute Gasteiger partial charge is 0.327 e. The SMILES string of the molecule is C=CC(=O)N1CCCC(NC(=O)[C@@H]2Sc3nccc4c3C2NC(=O)N4c2ccc(F)cc2)C1. The number of likely N-dealkylation sites (tertiary alicyclic amines) is 1. The zero-order valence-electron chi connectivity index (χ0n) is 17.7. The molecule has 3 aliphatic heterocycles. The van der Waals surface area contributed by atoms with Crippen molar-refractivity contribution in [1.82, 2.24) is 20.5 Å². The Bertz CT molecular complexity index is 1140. The lowest BCUT2D eigenvalue weighted by molar-refractivity contribution is -0.129. The van der Waals surface area contributed by atoms with Crippen molar-refractivity contribution >= 4 is 41.0 Å². The molecule has 33 heavy (non-hydrogen) atoms. The fraction of sp³-hybridized carbons (Fsp3) is 0.304. The molecule has 1 saturated heterocycles. The lowest BCUT2D eigenvalue weighted by atomic mass is 9.99. The second kappa shape index (κ2) is 8.51. The van der Waals surface area contributed by atoms with E-state index in [2.05, 4.69) is 22.2 Å². The standard InChI is InChI=1S/C23H22FN5O3S/c1-2-17(30)28-11-3-4-14(12-28)26-21(31)20-19-18-16(9-10-25-22(18)33-20)29(23(32)27-19)15-7-5-13(24)6-8-15/h2,5-10,14,19-20H,1,3-4,11-12H2,(H,26,31)(H,27,32)/t14?,19?,20-/m1/s1. The maximum absolute atomic E-state index is 13.4. The fourth-order valence-electron chi connectivity index (χ4n) is 4.58. The average molecular weight is 468 g/mol. The van der Waals surface area contributed by atoms with E-state index in [4.69, 9.17) is 0 Å². The number of halogens is 1. The number of thioether (sulfide) groups is 1. The first-order valence-corrected chi connectivity index (χ1v) is 11.6. The van der Waals surface area contributed by atoms with Crippen molar-refractivity contribution in [3.63, 3.8) is 0 Å². The van der Waals surface area contributed by atoms with E-state index in [1.54, 1.807) is 17.2 Å². The number of pyridine rings is 1. The summed E-state index contributed by atoms with van der Waals surface area (Å²) >= 11 is 1.31. The van der Waals surface area contributed by atoms with Gasteiger partial charge in [-0.05, 0) is 49.2 Å². The number of amides is 4. The largest absolute Gasteiger partial charge is 0.351 e. The Hall–Kier alpha value is -3.40. The van der Waals surface area contributed by atoms with Crippen molar-refractivity contribution in [3.8, 4) is 0 Å². The van der Waals surface area contributed by atoms with E-state index in [0.29, 0.717) is 29.5 Å². The molecule has 0 radical (unpaired) electrons. The highest BCUT2D eigenvalue weighted by Gasteiger charge is 2.47. The van der Waals surface area contributed by atoms with E-state index < -0.39 is 23.1 Å². The number of nitrogens with zero attached hydrogens (tertiary/aromatic N) is 3. The Morgan fingerprint density at radius 2 is 2.06 bits per heavy atom. The lowest BCUT2D eigenvalue weighted by Crippen LogP contribution is -2.53. The molecule has 2 N–H and O–H groups in total. The number of aromatic nitrogens is 1. The molecule has 8 nitrogen and oxygen atoms in total. The van der Waals surface area contributed by atoms with Crippen LogP contribution in [0.5, 0.6) is 0 Å². The summed E-state index contributed by atoms with van der Waals surface area (Å²) in [6.45, 7) is 4.61. The quantitative estimate of drug-likeness (QED) is 0.675. The van der Waals surface area contributed by atoms with Gasteiger partial charge in [0.05, 0.1) is 17.4 Å². The van der Waals surface area contributed by atoms with Crippen LogP contribution in [0.4, 0.5) is 20.6 Å². The van der Waals surface area contributed by atoms with Gasteiger partial charge < -0.3 is 15.5 Å². The third-order valence-corrected chi connectivity index (χ3v) is 7.39. The third-order valence-electron chi connectivity index (χ3n) is 6.10. The Morgan fingerprint density at radius 1 is 1.27 bits per heavy atom. The summed E-state index contributed by atoms with van der Waals surface area (Å²) in [5.74, 6) is -0.745. The van der Waals surface area contributed by atoms with E-state index in [-0.39, 0.29) is 17.9 Å². The van der Waals surface area contributed by atoms with Gasteiger partial charge >= 0.3 is 6.03 Å². The van der Waals surface area contributed by atoms with Crippen LogP contribution in [0, 0.1) is 5.82 Å². The van der Waals surface area contributed by atoms with Gasteiger partial charge in [-0.1, -0.05) is 18.3 Å². The Balaban J connectivity index is 1.38. The van der Waals surface area contributed by atoms with Crippen LogP contribution >= 0.6 is 11.8 Å². The second-order valence-electron chi connectivity index (χ2n) is 8.16. The summed E-state index contributed by atoms with van der Waals surface area (Å²) in [6.07, 6.45) is 4.45. The maximum Gasteiger partial charge on any atom is 0.327 e. The first-order valence-electron chi connectivity index (χ1n) is 10.7. The van der Waals surface area contributed by atoms with Crippen molar-refractivity contribution in [3.05, 3.63) is 60.6 Å². The molecule has 1 aromatic heterocycles. The number of piperidine rings is 1. The van der Waals surface area contributed by atoms with Gasteiger partial charge in [0, 0.05) is 30.9 Å². The molecule has 1 aromatic carbocycles. The molecule has 0 saturated carbocycles. The number of carbonyl (C=O) groups is 3. The molecular formula is C23H22FN5O3S. The van der Waals surface area contributed by atoms with Crippen molar-refractivity contribution < 1.29 is 18.8 Å². The van der Waals surface area contributed by atoms with Crippen LogP contribution in [0.1, 0.15) is 24.4 Å². The van der Waals surface area contributed by atoms with Gasteiger partial charge in [0.1, 0.15) is 16.1 Å². The number of rotatable bonds is 4. The first-order chi connectivity index (χ1) is 16.0. The molecule has 10 heteroatoms. The van der Waals surface area contributed by atoms with Crippen molar-refractivity contribution in [1.29, 1.82) is 0 Å². The Labute approximate surface area is 194 Å². The van der Waals surface area contributed by atoms with Crippen LogP contribution in [0.15, 0.2) is 54.2 Å². The van der Waals surface area contributed by atoms with Gasteiger partial charge in [0.2, 0.25) is 11.8 Å². The summed E-state index contributed by atoms with van der Waals surface area (Å²) in [4.78, 5) is 45.8. The minimum absolute atomic E-state index is 0.147. The number of benzene rings is 1. The molecule has 2 unspecified atom stereocenters. The molecule has 0 bridgehead atoms. The van der Waals surface area contributed by atoms with Gasteiger partial charge in [0.15, 0.2) is 0 Å². The van der Waals surface area contributed by atoms with Crippen LogP contribution in [-0.4, -0.2) is 52.1 Å². The third kappa shape index (κ3) is 3.84. The van der Waals surface area contributed by atoms with Crippen LogP contribution < -0.4 is 15.5 Å². The Morgan fingerprint density at radius 3 is 2.82 bits per heavy atom. The van der Waals surface area contributed by atoms with E-state index in [1.165, 1.54) is 47.0 Å². The molecule has 4 amide bonds. The van der Waals surface area contributed by atoms with Crippen LogP contribution in [0.2, 0.25) is 0 Å². The monoisotopic (exact) mass is 467 g/mol. The number of nitrogens with one attached hydrogen (secondary N) is 2. The fourth-order valence-corrected chi connectivity index (χ4v) is 5.82. The number of anilines is 2. The molecule has 170 valence electrons. The van der Waals surface area contributed by atoms with E-state index in [0.717, 1.165) is 18.4 Å². The van der Waals surface area contributed by atoms with E-state index in [1.807, 2.05) is 0 Å². The minimum Gasteiger partial charge on any atom is -0.351 e. The molecule has 0 aliphatic carbocycles. The summed E-state index contributed by atoms with van der Waals surface area (Å²) in [6, 6.07) is 6.30. The number of urea groups is 1. The van der Waals surface area contributed by atoms with Crippen molar-refractivity contribution in [2.45, 2.75) is 35.2 Å². The predicted molar refractivity (Wildman–Crippen MR) is 122 cm³/mol. The van der Waals surface area contributed by atoms with Crippen molar-refractivity contribution in [2.75, 3.05) is 18.0 Å². The molecule has 4 heterocycles. The first kappa shape index (κ1) is 21.4. The summed E-state index contributed by atoms with van der Waals surface area (Å²) in [5.41, 5.74) is 1.93. The molecule has 5 rings (SSSR count). The summed E-state index contributed by atoms with van der Waals surface area (Å²) < 4.78 is 13.4. The zero-order chi connectivity index (χ0) is 23.1. The second-order valence-corrected chi connectivity index (χ2v) is 9.29. The van der Waals surface area contributed by atoms with Gasteiger partial charge in [-0.2, -0.15) is 0 Å². The Kier molecular flexibility index (Phi) is 5.53. The zero-order valence-corrected chi connectivity index (χ0v) is 18.5. The molecular weight excluding hydrogens is 445 g/mol. The van der Waals surface area contributed by atoms with E-state index >= 15 is 0 Å². The maximum atomic E-state index is 13.4. The normalized spacial score (nSPS) is 23.5. The topological polar surface area (TPSA) is 94.6 Å². The highest BCUT2D eigenvalue weighted by Crippen LogP contribution is 2.50. The molecule has 1 fully saturated rings. The number of carbonyl (C=O) groups excluding carboxylic acids is 3. The molecule has 3 atom stereocenters. The van der Waals surface area contributed by atoms with Gasteiger partial charge in [-0.15, -0.1) is 0 Å². The van der Waals surface area contributed by atoms with E-state index in [9.17, 15) is 18.8 Å². The van der Waals surface area contributed by atoms with Crippen LogP contribution in [0.3, 0.4) is 0 Å². The molecule has 2 aromatic rings. The molecule has 3 aliphatic rings. The summed E-state index contributed by atoms with van der Waals surface area (Å²) in [7, 11) is 0. The summed E-state index contributed by atoms with van der Waals surface area (Å²) in [5, 5.41) is 6.08. The van der Waals surface area contributed by atoms with Gasteiger partial charge in [-0.3, -0.25) is 14.5 Å². The lowest BCUT2D eigenvalue weighted by Gasteiger charge is -2.35. The van der Waals surface area contributed by atoms with Crippen molar-refractivity contribution in [2.24, 2.45) is 0 Å². The molecule has 0 spiro atoms. The average Bonchev–Trinajstić information content (AvgIpc) is 3.19. The van der Waals surface area contributed by atoms with Gasteiger partial charge in [0.25, 0.3) is 0 Å².